The van der Waals surface area contributed by atoms with Gasteiger partial charge in [0.15, 0.2) is 0 Å². The maximum atomic E-state index is 11.0. The minimum absolute atomic E-state index is 0.180. The van der Waals surface area contributed by atoms with Gasteiger partial charge < -0.3 is 15.8 Å². The van der Waals surface area contributed by atoms with Crippen LogP contribution in [0.4, 0.5) is 5.69 Å². The number of nitrogens with one attached hydrogen (secondary N) is 1. The number of ether oxygens (including phenoxy) is 1. The van der Waals surface area contributed by atoms with E-state index in [1.165, 1.54) is 12.3 Å². The predicted octanol–water partition coefficient (Wildman–Crippen LogP) is 2.01. The second-order valence-electron chi connectivity index (χ2n) is 3.62. The van der Waals surface area contributed by atoms with Gasteiger partial charge in [-0.05, 0) is 30.3 Å². The molecule has 1 heterocycles. The van der Waals surface area contributed by atoms with Crippen molar-refractivity contribution in [3.63, 3.8) is 0 Å². The molecule has 2 aromatic rings. The zero-order valence-electron chi connectivity index (χ0n) is 9.88. The van der Waals surface area contributed by atoms with Gasteiger partial charge in [-0.1, -0.05) is 0 Å². The number of benzene rings is 1. The number of carbonyl (C=O) groups is 1. The van der Waals surface area contributed by atoms with Crippen molar-refractivity contribution in [1.29, 1.82) is 0 Å². The lowest BCUT2D eigenvalue weighted by Crippen LogP contribution is -2.12. The maximum absolute atomic E-state index is 11.0. The van der Waals surface area contributed by atoms with Crippen LogP contribution in [-0.2, 0) is 0 Å². The Morgan fingerprint density at radius 3 is 2.56 bits per heavy atom. The fourth-order valence-corrected chi connectivity index (χ4v) is 1.44. The van der Waals surface area contributed by atoms with Gasteiger partial charge in [0, 0.05) is 25.0 Å². The summed E-state index contributed by atoms with van der Waals surface area (Å²) in [6, 6.07) is 10.6. The van der Waals surface area contributed by atoms with Crippen LogP contribution in [0.2, 0.25) is 0 Å². The molecule has 18 heavy (non-hydrogen) atoms. The van der Waals surface area contributed by atoms with E-state index < -0.39 is 5.91 Å². The van der Waals surface area contributed by atoms with Crippen LogP contribution in [0.15, 0.2) is 42.6 Å². The summed E-state index contributed by atoms with van der Waals surface area (Å²) in [5.41, 5.74) is 6.32. The van der Waals surface area contributed by atoms with Crippen LogP contribution in [0.1, 0.15) is 10.5 Å². The zero-order chi connectivity index (χ0) is 13.0. The fourth-order valence-electron chi connectivity index (χ4n) is 1.44. The van der Waals surface area contributed by atoms with E-state index in [1.807, 2.05) is 31.3 Å². The molecule has 0 unspecified atom stereocenters. The van der Waals surface area contributed by atoms with Crippen molar-refractivity contribution in [3.8, 4) is 11.5 Å². The van der Waals surface area contributed by atoms with E-state index in [0.717, 1.165) is 5.69 Å². The van der Waals surface area contributed by atoms with Crippen molar-refractivity contribution in [2.75, 3.05) is 12.4 Å². The molecule has 5 nitrogen and oxygen atoms in total. The number of rotatable bonds is 4. The van der Waals surface area contributed by atoms with E-state index >= 15 is 0 Å². The summed E-state index contributed by atoms with van der Waals surface area (Å²) in [4.78, 5) is 14.8. The third-order valence-electron chi connectivity index (χ3n) is 2.36. The topological polar surface area (TPSA) is 77.2 Å². The van der Waals surface area contributed by atoms with Crippen LogP contribution in [0.25, 0.3) is 0 Å². The largest absolute Gasteiger partial charge is 0.457 e. The number of hydrogen-bond donors (Lipinski definition) is 2. The Labute approximate surface area is 105 Å². The molecule has 1 aromatic heterocycles. The molecule has 0 fully saturated rings. The van der Waals surface area contributed by atoms with Crippen LogP contribution in [0.5, 0.6) is 11.5 Å². The highest BCUT2D eigenvalue weighted by molar-refractivity contribution is 5.91. The van der Waals surface area contributed by atoms with E-state index in [9.17, 15) is 4.79 Å². The highest BCUT2D eigenvalue weighted by atomic mass is 16.5. The molecule has 0 bridgehead atoms. The van der Waals surface area contributed by atoms with Crippen LogP contribution < -0.4 is 15.8 Å². The third kappa shape index (κ3) is 2.76. The first kappa shape index (κ1) is 11.9. The first-order chi connectivity index (χ1) is 8.69. The Kier molecular flexibility index (Phi) is 3.43. The average Bonchev–Trinajstić information content (AvgIpc) is 2.40. The molecule has 1 amide bonds. The molecule has 0 saturated heterocycles. The van der Waals surface area contributed by atoms with Crippen molar-refractivity contribution >= 4 is 11.6 Å². The summed E-state index contributed by atoms with van der Waals surface area (Å²) in [5, 5.41) is 3.02. The van der Waals surface area contributed by atoms with Crippen LogP contribution in [-0.4, -0.2) is 17.9 Å². The van der Waals surface area contributed by atoms with Gasteiger partial charge in [-0.3, -0.25) is 9.78 Å². The normalized spacial score (nSPS) is 9.83. The summed E-state index contributed by atoms with van der Waals surface area (Å²) in [5.74, 6) is 0.623. The second kappa shape index (κ2) is 5.18. The number of nitrogens with zero attached hydrogens (tertiary/aromatic N) is 1. The van der Waals surface area contributed by atoms with Crippen molar-refractivity contribution in [2.24, 2.45) is 5.73 Å². The molecule has 0 radical (unpaired) electrons. The molecular formula is C13H13N3O2. The van der Waals surface area contributed by atoms with E-state index in [0.29, 0.717) is 11.5 Å². The van der Waals surface area contributed by atoms with Crippen molar-refractivity contribution < 1.29 is 9.53 Å². The van der Waals surface area contributed by atoms with Gasteiger partial charge in [-0.2, -0.15) is 0 Å². The number of nitrogens with two attached hydrogens (primary N) is 1. The van der Waals surface area contributed by atoms with Crippen LogP contribution in [0.3, 0.4) is 0 Å². The van der Waals surface area contributed by atoms with E-state index in [2.05, 4.69) is 10.3 Å². The lowest BCUT2D eigenvalue weighted by molar-refractivity contribution is 0.0995. The Morgan fingerprint density at radius 2 is 1.94 bits per heavy atom. The molecule has 92 valence electrons. The zero-order valence-corrected chi connectivity index (χ0v) is 9.88. The van der Waals surface area contributed by atoms with Gasteiger partial charge in [0.05, 0.1) is 0 Å². The summed E-state index contributed by atoms with van der Waals surface area (Å²) < 4.78 is 5.59. The number of carbonyl (C=O) groups excluding carboxylic acids is 1. The third-order valence-corrected chi connectivity index (χ3v) is 2.36. The second-order valence-corrected chi connectivity index (χ2v) is 3.62. The summed E-state index contributed by atoms with van der Waals surface area (Å²) >= 11 is 0. The molecule has 0 saturated carbocycles. The summed E-state index contributed by atoms with van der Waals surface area (Å²) in [6.07, 6.45) is 1.48. The smallest absolute Gasteiger partial charge is 0.267 e. The Balaban J connectivity index is 2.17. The molecule has 0 aliphatic carbocycles. The van der Waals surface area contributed by atoms with Crippen molar-refractivity contribution in [1.82, 2.24) is 4.98 Å². The fraction of sp³-hybridized carbons (Fsp3) is 0.0769. The first-order valence-corrected chi connectivity index (χ1v) is 5.40. The number of primary amides is 1. The van der Waals surface area contributed by atoms with Crippen LogP contribution in [0, 0.1) is 0 Å². The Hall–Kier alpha value is -2.56. The van der Waals surface area contributed by atoms with Gasteiger partial charge in [0.25, 0.3) is 5.91 Å². The lowest BCUT2D eigenvalue weighted by Gasteiger charge is -2.07. The number of hydrogen-bond acceptors (Lipinski definition) is 4. The summed E-state index contributed by atoms with van der Waals surface area (Å²) in [6.45, 7) is 0. The molecule has 0 atom stereocenters. The summed E-state index contributed by atoms with van der Waals surface area (Å²) in [7, 11) is 1.85. The number of aromatic nitrogens is 1. The maximum Gasteiger partial charge on any atom is 0.267 e. The van der Waals surface area contributed by atoms with E-state index in [4.69, 9.17) is 10.5 Å². The molecule has 5 heteroatoms. The van der Waals surface area contributed by atoms with Gasteiger partial charge in [-0.15, -0.1) is 0 Å². The number of anilines is 1. The van der Waals surface area contributed by atoms with Gasteiger partial charge in [-0.25, -0.2) is 0 Å². The molecule has 3 N–H and O–H groups in total. The Bertz CT molecular complexity index is 552. The van der Waals surface area contributed by atoms with E-state index in [-0.39, 0.29) is 5.69 Å². The molecule has 2 rings (SSSR count). The molecule has 0 aliphatic rings. The van der Waals surface area contributed by atoms with Gasteiger partial charge in [0.1, 0.15) is 17.2 Å². The molecule has 0 aliphatic heterocycles. The van der Waals surface area contributed by atoms with Gasteiger partial charge >= 0.3 is 0 Å². The number of pyridine rings is 1. The van der Waals surface area contributed by atoms with Crippen molar-refractivity contribution in [3.05, 3.63) is 48.3 Å². The van der Waals surface area contributed by atoms with Crippen molar-refractivity contribution in [2.45, 2.75) is 0 Å². The van der Waals surface area contributed by atoms with Crippen LogP contribution >= 0.6 is 0 Å². The Morgan fingerprint density at radius 1 is 1.22 bits per heavy atom. The monoisotopic (exact) mass is 243 g/mol. The SMILES string of the molecule is CNc1ccc(Oc2ccnc(C(N)=O)c2)cc1. The first-order valence-electron chi connectivity index (χ1n) is 5.40. The minimum atomic E-state index is -0.578. The molecular weight excluding hydrogens is 230 g/mol. The highest BCUT2D eigenvalue weighted by Crippen LogP contribution is 2.22. The number of amides is 1. The lowest BCUT2D eigenvalue weighted by atomic mass is 10.3. The average molecular weight is 243 g/mol. The molecule has 0 spiro atoms. The predicted molar refractivity (Wildman–Crippen MR) is 68.8 cm³/mol. The standard InChI is InChI=1S/C13H13N3O2/c1-15-9-2-4-10(5-3-9)18-11-6-7-16-12(8-11)13(14)17/h2-8,15H,1H3,(H2,14,17). The molecule has 1 aromatic carbocycles. The minimum Gasteiger partial charge on any atom is -0.457 e. The quantitative estimate of drug-likeness (QED) is 0.861. The van der Waals surface area contributed by atoms with E-state index in [1.54, 1.807) is 6.07 Å². The highest BCUT2D eigenvalue weighted by Gasteiger charge is 2.04. The van der Waals surface area contributed by atoms with Gasteiger partial charge in [0.2, 0.25) is 0 Å².